The summed E-state index contributed by atoms with van der Waals surface area (Å²) in [7, 11) is 1.70. The van der Waals surface area contributed by atoms with Crippen molar-refractivity contribution in [3.63, 3.8) is 0 Å². The minimum absolute atomic E-state index is 0.211. The van der Waals surface area contributed by atoms with E-state index in [1.165, 1.54) is 18.4 Å². The molecular formula is C29H36N4O3. The fourth-order valence-electron chi connectivity index (χ4n) is 5.43. The summed E-state index contributed by atoms with van der Waals surface area (Å²) in [6.45, 7) is 2.99. The summed E-state index contributed by atoms with van der Waals surface area (Å²) in [4.78, 5) is 24.7. The molecule has 2 fully saturated rings. The lowest BCUT2D eigenvalue weighted by atomic mass is 10.0. The van der Waals surface area contributed by atoms with Gasteiger partial charge in [0.25, 0.3) is 0 Å². The third-order valence-electron chi connectivity index (χ3n) is 7.35. The van der Waals surface area contributed by atoms with E-state index in [1.54, 1.807) is 19.6 Å². The van der Waals surface area contributed by atoms with Crippen molar-refractivity contribution in [2.45, 2.75) is 50.7 Å². The third kappa shape index (κ3) is 6.08. The highest BCUT2D eigenvalue weighted by Crippen LogP contribution is 2.35. The molecule has 2 aromatic carbocycles. The quantitative estimate of drug-likeness (QED) is 0.459. The maximum atomic E-state index is 12.9. The summed E-state index contributed by atoms with van der Waals surface area (Å²) < 4.78 is 12.0. The fourth-order valence-corrected chi connectivity index (χ4v) is 5.43. The predicted octanol–water partition coefficient (Wildman–Crippen LogP) is 4.28. The number of Topliss-reactive ketones (excluding diaryl/α,β-unsaturated/α-hetero) is 1. The molecule has 5 rings (SSSR count). The van der Waals surface area contributed by atoms with E-state index in [0.717, 1.165) is 61.8 Å². The van der Waals surface area contributed by atoms with Crippen LogP contribution in [0.15, 0.2) is 61.1 Å². The van der Waals surface area contributed by atoms with Gasteiger partial charge in [-0.25, -0.2) is 4.98 Å². The van der Waals surface area contributed by atoms with Crippen LogP contribution in [0.25, 0.3) is 0 Å². The molecule has 7 nitrogen and oxygen atoms in total. The molecule has 7 heteroatoms. The number of benzene rings is 2. The summed E-state index contributed by atoms with van der Waals surface area (Å²) in [5, 5.41) is 0. The second kappa shape index (κ2) is 11.6. The van der Waals surface area contributed by atoms with Gasteiger partial charge in [0.05, 0.1) is 26.1 Å². The SMILES string of the molecule is COc1ccc(N2CCN(CC(=O)Cc3cnc[nH]3)C(Cc3ccccc3)C2)cc1OC1CCCC1. The van der Waals surface area contributed by atoms with Gasteiger partial charge in [-0.05, 0) is 49.8 Å². The Bertz CT molecular complexity index is 1110. The minimum Gasteiger partial charge on any atom is -0.493 e. The van der Waals surface area contributed by atoms with Crippen molar-refractivity contribution in [3.8, 4) is 11.5 Å². The molecule has 1 aliphatic carbocycles. The number of nitrogens with one attached hydrogen (secondary N) is 1. The fraction of sp³-hybridized carbons (Fsp3) is 0.448. The van der Waals surface area contributed by atoms with Crippen molar-refractivity contribution in [1.82, 2.24) is 14.9 Å². The molecular weight excluding hydrogens is 452 g/mol. The number of methoxy groups -OCH3 is 1. The zero-order valence-electron chi connectivity index (χ0n) is 21.1. The molecule has 2 heterocycles. The molecule has 0 radical (unpaired) electrons. The average molecular weight is 489 g/mol. The number of ketones is 1. The number of rotatable bonds is 10. The highest BCUT2D eigenvalue weighted by Gasteiger charge is 2.29. The normalized spacial score (nSPS) is 18.9. The first kappa shape index (κ1) is 24.4. The lowest BCUT2D eigenvalue weighted by molar-refractivity contribution is -0.120. The van der Waals surface area contributed by atoms with Crippen LogP contribution in [0.4, 0.5) is 5.69 Å². The molecule has 36 heavy (non-hydrogen) atoms. The Morgan fingerprint density at radius 3 is 2.67 bits per heavy atom. The number of nitrogens with zero attached hydrogens (tertiary/aromatic N) is 3. The Hall–Kier alpha value is -3.32. The maximum absolute atomic E-state index is 12.9. The van der Waals surface area contributed by atoms with Gasteiger partial charge in [-0.3, -0.25) is 9.69 Å². The zero-order chi connectivity index (χ0) is 24.7. The van der Waals surface area contributed by atoms with Crippen LogP contribution in [0.3, 0.4) is 0 Å². The van der Waals surface area contributed by atoms with Gasteiger partial charge in [0.1, 0.15) is 0 Å². The number of carbonyl (C=O) groups is 1. The van der Waals surface area contributed by atoms with Gasteiger partial charge >= 0.3 is 0 Å². The van der Waals surface area contributed by atoms with E-state index in [1.807, 2.05) is 12.1 Å². The molecule has 2 aliphatic rings. The number of ether oxygens (including phenoxy) is 2. The number of piperazine rings is 1. The van der Waals surface area contributed by atoms with E-state index < -0.39 is 0 Å². The molecule has 1 aliphatic heterocycles. The van der Waals surface area contributed by atoms with Crippen molar-refractivity contribution in [2.24, 2.45) is 0 Å². The maximum Gasteiger partial charge on any atom is 0.163 e. The molecule has 1 unspecified atom stereocenters. The van der Waals surface area contributed by atoms with E-state index in [-0.39, 0.29) is 17.9 Å². The lowest BCUT2D eigenvalue weighted by Crippen LogP contribution is -2.55. The van der Waals surface area contributed by atoms with E-state index in [0.29, 0.717) is 13.0 Å². The topological polar surface area (TPSA) is 70.7 Å². The smallest absolute Gasteiger partial charge is 0.163 e. The molecule has 3 aromatic rings. The van der Waals surface area contributed by atoms with Gasteiger partial charge in [-0.15, -0.1) is 0 Å². The Labute approximate surface area is 213 Å². The highest BCUT2D eigenvalue weighted by molar-refractivity contribution is 5.82. The largest absolute Gasteiger partial charge is 0.493 e. The summed E-state index contributed by atoms with van der Waals surface area (Å²) in [5.41, 5.74) is 3.30. The molecule has 0 bridgehead atoms. The first-order valence-electron chi connectivity index (χ1n) is 13.0. The first-order chi connectivity index (χ1) is 17.7. The Morgan fingerprint density at radius 2 is 1.92 bits per heavy atom. The van der Waals surface area contributed by atoms with Gasteiger partial charge in [0.2, 0.25) is 0 Å². The predicted molar refractivity (Wildman–Crippen MR) is 141 cm³/mol. The van der Waals surface area contributed by atoms with Crippen molar-refractivity contribution in [1.29, 1.82) is 0 Å². The molecule has 1 atom stereocenters. The zero-order valence-corrected chi connectivity index (χ0v) is 21.1. The van der Waals surface area contributed by atoms with Gasteiger partial charge in [0, 0.05) is 55.7 Å². The van der Waals surface area contributed by atoms with Crippen molar-refractivity contribution in [2.75, 3.05) is 38.2 Å². The van der Waals surface area contributed by atoms with Crippen LogP contribution in [0, 0.1) is 0 Å². The number of H-pyrrole nitrogens is 1. The number of hydrogen-bond acceptors (Lipinski definition) is 6. The highest BCUT2D eigenvalue weighted by atomic mass is 16.5. The monoisotopic (exact) mass is 488 g/mol. The van der Waals surface area contributed by atoms with Crippen LogP contribution < -0.4 is 14.4 Å². The summed E-state index contributed by atoms with van der Waals surface area (Å²) in [6, 6.07) is 17.1. The van der Waals surface area contributed by atoms with E-state index in [4.69, 9.17) is 9.47 Å². The van der Waals surface area contributed by atoms with E-state index in [2.05, 4.69) is 56.2 Å². The molecule has 1 saturated heterocycles. The van der Waals surface area contributed by atoms with Crippen molar-refractivity contribution < 1.29 is 14.3 Å². The third-order valence-corrected chi connectivity index (χ3v) is 7.35. The second-order valence-electron chi connectivity index (χ2n) is 9.91. The number of aromatic amines is 1. The summed E-state index contributed by atoms with van der Waals surface area (Å²) in [6.07, 6.45) is 9.59. The van der Waals surface area contributed by atoms with Crippen molar-refractivity contribution >= 4 is 11.5 Å². The van der Waals surface area contributed by atoms with Gasteiger partial charge in [-0.2, -0.15) is 0 Å². The van der Waals surface area contributed by atoms with E-state index in [9.17, 15) is 4.79 Å². The van der Waals surface area contributed by atoms with Crippen LogP contribution in [0.5, 0.6) is 11.5 Å². The van der Waals surface area contributed by atoms with Gasteiger partial charge in [0.15, 0.2) is 17.3 Å². The minimum atomic E-state index is 0.211. The van der Waals surface area contributed by atoms with Crippen LogP contribution in [-0.2, 0) is 17.6 Å². The molecule has 1 aromatic heterocycles. The first-order valence-corrected chi connectivity index (χ1v) is 13.0. The van der Waals surface area contributed by atoms with Crippen LogP contribution in [0.2, 0.25) is 0 Å². The standard InChI is InChI=1S/C29H36N4O3/c1-35-28-12-11-24(17-29(28)36-27-9-5-6-10-27)32-13-14-33(20-26(34)16-23-18-30-21-31-23)25(19-32)15-22-7-3-2-4-8-22/h2-4,7-8,11-12,17-18,21,25,27H,5-6,9-10,13-16,19-20H2,1H3,(H,30,31). The number of anilines is 1. The van der Waals surface area contributed by atoms with Gasteiger partial charge < -0.3 is 19.4 Å². The van der Waals surface area contributed by atoms with Crippen LogP contribution in [-0.4, -0.2) is 66.1 Å². The molecule has 190 valence electrons. The van der Waals surface area contributed by atoms with Gasteiger partial charge in [-0.1, -0.05) is 30.3 Å². The second-order valence-corrected chi connectivity index (χ2v) is 9.91. The van der Waals surface area contributed by atoms with Crippen molar-refractivity contribution in [3.05, 3.63) is 72.3 Å². The number of carbonyl (C=O) groups excluding carboxylic acids is 1. The molecule has 1 saturated carbocycles. The summed E-state index contributed by atoms with van der Waals surface area (Å²) in [5.74, 6) is 1.83. The Balaban J connectivity index is 1.31. The van der Waals surface area contributed by atoms with Crippen LogP contribution in [0.1, 0.15) is 36.9 Å². The average Bonchev–Trinajstić information content (AvgIpc) is 3.60. The van der Waals surface area contributed by atoms with E-state index >= 15 is 0 Å². The molecule has 0 amide bonds. The molecule has 1 N–H and O–H groups in total. The molecule has 0 spiro atoms. The number of hydrogen-bond donors (Lipinski definition) is 1. The number of aromatic nitrogens is 2. The number of imidazole rings is 1. The summed E-state index contributed by atoms with van der Waals surface area (Å²) >= 11 is 0. The van der Waals surface area contributed by atoms with Crippen LogP contribution >= 0.6 is 0 Å². The Kier molecular flexibility index (Phi) is 7.86. The lowest BCUT2D eigenvalue weighted by Gasteiger charge is -2.42. The Morgan fingerprint density at radius 1 is 1.08 bits per heavy atom.